The van der Waals surface area contributed by atoms with Crippen molar-refractivity contribution in [2.45, 2.75) is 51.5 Å². The fourth-order valence-corrected chi connectivity index (χ4v) is 2.84. The summed E-state index contributed by atoms with van der Waals surface area (Å²) in [7, 11) is 0. The standard InChI is InChI=1S/C17H28N2/c1-15-7-9-16(10-8-15)17(18)11-14-19-12-5-3-2-4-6-13-19/h7-10,17H,2-6,11-14,18H2,1H3. The third kappa shape index (κ3) is 4.96. The molecule has 1 heterocycles. The maximum atomic E-state index is 6.31. The average Bonchev–Trinajstić information content (AvgIpc) is 2.38. The van der Waals surface area contributed by atoms with Crippen LogP contribution in [0.15, 0.2) is 24.3 Å². The molecule has 1 aliphatic heterocycles. The minimum absolute atomic E-state index is 0.186. The Bertz CT molecular complexity index is 350. The van der Waals surface area contributed by atoms with Gasteiger partial charge in [-0.15, -0.1) is 0 Å². The smallest absolute Gasteiger partial charge is 0.0307 e. The van der Waals surface area contributed by atoms with Gasteiger partial charge in [0.25, 0.3) is 0 Å². The summed E-state index contributed by atoms with van der Waals surface area (Å²) in [4.78, 5) is 2.60. The van der Waals surface area contributed by atoms with E-state index in [0.29, 0.717) is 0 Å². The van der Waals surface area contributed by atoms with Gasteiger partial charge in [0.2, 0.25) is 0 Å². The topological polar surface area (TPSA) is 29.3 Å². The number of aryl methyl sites for hydroxylation is 1. The molecular formula is C17H28N2. The highest BCUT2D eigenvalue weighted by Gasteiger charge is 2.11. The summed E-state index contributed by atoms with van der Waals surface area (Å²) in [6, 6.07) is 8.85. The Morgan fingerprint density at radius 2 is 1.58 bits per heavy atom. The van der Waals surface area contributed by atoms with Gasteiger partial charge in [0.1, 0.15) is 0 Å². The highest BCUT2D eigenvalue weighted by atomic mass is 15.1. The third-order valence-electron chi connectivity index (χ3n) is 4.21. The fourth-order valence-electron chi connectivity index (χ4n) is 2.84. The van der Waals surface area contributed by atoms with Crippen molar-refractivity contribution in [3.8, 4) is 0 Å². The minimum Gasteiger partial charge on any atom is -0.324 e. The predicted octanol–water partition coefficient (Wildman–Crippen LogP) is 3.65. The summed E-state index contributed by atoms with van der Waals surface area (Å²) in [5.74, 6) is 0. The molecule has 1 aliphatic rings. The zero-order valence-electron chi connectivity index (χ0n) is 12.3. The van der Waals surface area contributed by atoms with E-state index in [2.05, 4.69) is 36.1 Å². The van der Waals surface area contributed by atoms with E-state index in [0.717, 1.165) is 13.0 Å². The highest BCUT2D eigenvalue weighted by Crippen LogP contribution is 2.17. The molecule has 1 aromatic rings. The molecule has 106 valence electrons. The van der Waals surface area contributed by atoms with Crippen LogP contribution in [0.2, 0.25) is 0 Å². The summed E-state index contributed by atoms with van der Waals surface area (Å²) in [6.45, 7) is 5.80. The molecule has 0 spiro atoms. The van der Waals surface area contributed by atoms with E-state index in [9.17, 15) is 0 Å². The van der Waals surface area contributed by atoms with Crippen molar-refractivity contribution in [1.82, 2.24) is 4.90 Å². The van der Waals surface area contributed by atoms with Crippen molar-refractivity contribution in [1.29, 1.82) is 0 Å². The molecule has 0 amide bonds. The summed E-state index contributed by atoms with van der Waals surface area (Å²) in [6.07, 6.45) is 8.03. The Kier molecular flexibility index (Phi) is 5.87. The molecule has 2 nitrogen and oxygen atoms in total. The second kappa shape index (κ2) is 7.66. The predicted molar refractivity (Wildman–Crippen MR) is 82.2 cm³/mol. The van der Waals surface area contributed by atoms with Gasteiger partial charge in [0, 0.05) is 6.04 Å². The Morgan fingerprint density at radius 1 is 1.00 bits per heavy atom. The normalized spacial score (nSPS) is 19.7. The van der Waals surface area contributed by atoms with Crippen LogP contribution in [0.25, 0.3) is 0 Å². The molecule has 0 radical (unpaired) electrons. The van der Waals surface area contributed by atoms with E-state index in [1.807, 2.05) is 0 Å². The number of likely N-dealkylation sites (tertiary alicyclic amines) is 1. The van der Waals surface area contributed by atoms with Gasteiger partial charge < -0.3 is 10.6 Å². The van der Waals surface area contributed by atoms with Crippen LogP contribution in [0, 0.1) is 6.92 Å². The molecule has 1 saturated heterocycles. The molecule has 19 heavy (non-hydrogen) atoms. The Hall–Kier alpha value is -0.860. The van der Waals surface area contributed by atoms with Gasteiger partial charge in [-0.1, -0.05) is 49.1 Å². The summed E-state index contributed by atoms with van der Waals surface area (Å²) in [5.41, 5.74) is 8.89. The number of nitrogens with zero attached hydrogens (tertiary/aromatic N) is 1. The maximum Gasteiger partial charge on any atom is 0.0307 e. The van der Waals surface area contributed by atoms with Crippen molar-refractivity contribution in [3.05, 3.63) is 35.4 Å². The first-order valence-corrected chi connectivity index (χ1v) is 7.80. The molecule has 0 saturated carbocycles. The van der Waals surface area contributed by atoms with Crippen LogP contribution in [0.4, 0.5) is 0 Å². The first kappa shape index (κ1) is 14.5. The summed E-state index contributed by atoms with van der Waals surface area (Å²) >= 11 is 0. The first-order chi connectivity index (χ1) is 9.25. The van der Waals surface area contributed by atoms with Crippen molar-refractivity contribution >= 4 is 0 Å². The molecular weight excluding hydrogens is 232 g/mol. The van der Waals surface area contributed by atoms with Crippen molar-refractivity contribution in [3.63, 3.8) is 0 Å². The van der Waals surface area contributed by atoms with E-state index in [4.69, 9.17) is 5.73 Å². The van der Waals surface area contributed by atoms with Gasteiger partial charge in [-0.2, -0.15) is 0 Å². The van der Waals surface area contributed by atoms with Gasteiger partial charge in [0.15, 0.2) is 0 Å². The van der Waals surface area contributed by atoms with Crippen LogP contribution < -0.4 is 5.73 Å². The van der Waals surface area contributed by atoms with Crippen LogP contribution in [-0.4, -0.2) is 24.5 Å². The summed E-state index contributed by atoms with van der Waals surface area (Å²) < 4.78 is 0. The van der Waals surface area contributed by atoms with Gasteiger partial charge in [0.05, 0.1) is 0 Å². The van der Waals surface area contributed by atoms with Crippen molar-refractivity contribution in [2.75, 3.05) is 19.6 Å². The molecule has 1 fully saturated rings. The maximum absolute atomic E-state index is 6.31. The Labute approximate surface area is 118 Å². The van der Waals surface area contributed by atoms with Crippen LogP contribution in [0.5, 0.6) is 0 Å². The van der Waals surface area contributed by atoms with Crippen LogP contribution in [0.3, 0.4) is 0 Å². The Morgan fingerprint density at radius 3 is 2.21 bits per heavy atom. The zero-order valence-corrected chi connectivity index (χ0v) is 12.3. The fraction of sp³-hybridized carbons (Fsp3) is 0.647. The van der Waals surface area contributed by atoms with Gasteiger partial charge in [-0.25, -0.2) is 0 Å². The highest BCUT2D eigenvalue weighted by molar-refractivity contribution is 5.23. The SMILES string of the molecule is Cc1ccc(C(N)CCN2CCCCCCC2)cc1. The lowest BCUT2D eigenvalue weighted by Crippen LogP contribution is -2.30. The molecule has 2 rings (SSSR count). The molecule has 2 heteroatoms. The number of benzene rings is 1. The average molecular weight is 260 g/mol. The lowest BCUT2D eigenvalue weighted by molar-refractivity contribution is 0.239. The van der Waals surface area contributed by atoms with Gasteiger partial charge >= 0.3 is 0 Å². The van der Waals surface area contributed by atoms with E-state index >= 15 is 0 Å². The second-order valence-corrected chi connectivity index (χ2v) is 5.92. The van der Waals surface area contributed by atoms with Crippen molar-refractivity contribution < 1.29 is 0 Å². The molecule has 1 aromatic carbocycles. The molecule has 1 unspecified atom stereocenters. The molecule has 0 aromatic heterocycles. The molecule has 0 bridgehead atoms. The lowest BCUT2D eigenvalue weighted by atomic mass is 10.0. The first-order valence-electron chi connectivity index (χ1n) is 7.80. The quantitative estimate of drug-likeness (QED) is 0.895. The summed E-state index contributed by atoms with van der Waals surface area (Å²) in [5, 5.41) is 0. The zero-order chi connectivity index (χ0) is 13.5. The lowest BCUT2D eigenvalue weighted by Gasteiger charge is -2.25. The molecule has 0 aliphatic carbocycles. The monoisotopic (exact) mass is 260 g/mol. The van der Waals surface area contributed by atoms with E-state index in [1.165, 1.54) is 56.3 Å². The number of rotatable bonds is 4. The number of hydrogen-bond acceptors (Lipinski definition) is 2. The van der Waals surface area contributed by atoms with Crippen LogP contribution in [-0.2, 0) is 0 Å². The van der Waals surface area contributed by atoms with E-state index < -0.39 is 0 Å². The van der Waals surface area contributed by atoms with Crippen molar-refractivity contribution in [2.24, 2.45) is 5.73 Å². The Balaban J connectivity index is 1.78. The van der Waals surface area contributed by atoms with Crippen LogP contribution in [0.1, 0.15) is 55.7 Å². The second-order valence-electron chi connectivity index (χ2n) is 5.92. The molecule has 1 atom stereocenters. The largest absolute Gasteiger partial charge is 0.324 e. The third-order valence-corrected chi connectivity index (χ3v) is 4.21. The van der Waals surface area contributed by atoms with E-state index in [-0.39, 0.29) is 6.04 Å². The van der Waals surface area contributed by atoms with E-state index in [1.54, 1.807) is 0 Å². The molecule has 2 N–H and O–H groups in total. The number of nitrogens with two attached hydrogens (primary N) is 1. The van der Waals surface area contributed by atoms with Gasteiger partial charge in [-0.05, 0) is 51.4 Å². The number of hydrogen-bond donors (Lipinski definition) is 1. The van der Waals surface area contributed by atoms with Gasteiger partial charge in [-0.3, -0.25) is 0 Å². The van der Waals surface area contributed by atoms with Crippen LogP contribution >= 0.6 is 0 Å². The minimum atomic E-state index is 0.186.